The molecule has 0 fully saturated rings. The predicted molar refractivity (Wildman–Crippen MR) is 67.9 cm³/mol. The van der Waals surface area contributed by atoms with E-state index in [9.17, 15) is 0 Å². The van der Waals surface area contributed by atoms with Crippen molar-refractivity contribution in [2.45, 2.75) is 4.90 Å². The van der Waals surface area contributed by atoms with Gasteiger partial charge in [-0.1, -0.05) is 18.2 Å². The van der Waals surface area contributed by atoms with Gasteiger partial charge in [-0.2, -0.15) is 0 Å². The molecule has 0 spiro atoms. The first kappa shape index (κ1) is 10.7. The fraction of sp³-hybridized carbons (Fsp3) is 0. The zero-order valence-electron chi connectivity index (χ0n) is 8.51. The Morgan fingerprint density at radius 3 is 2.44 bits per heavy atom. The van der Waals surface area contributed by atoms with Crippen molar-refractivity contribution < 1.29 is 0 Å². The van der Waals surface area contributed by atoms with Crippen LogP contribution >= 0.6 is 12.6 Å². The lowest BCUT2D eigenvalue weighted by Crippen LogP contribution is -2.13. The van der Waals surface area contributed by atoms with Crippen LogP contribution in [0.1, 0.15) is 5.69 Å². The van der Waals surface area contributed by atoms with Gasteiger partial charge in [0, 0.05) is 10.5 Å². The van der Waals surface area contributed by atoms with Crippen LogP contribution in [0.25, 0.3) is 11.3 Å². The summed E-state index contributed by atoms with van der Waals surface area (Å²) in [5, 5.41) is 7.33. The molecule has 0 saturated carbocycles. The molecular formula is C12H11N3S. The molecular weight excluding hydrogens is 218 g/mol. The third kappa shape index (κ3) is 2.23. The molecule has 3 N–H and O–H groups in total. The minimum atomic E-state index is -0.0207. The maximum atomic E-state index is 7.33. The summed E-state index contributed by atoms with van der Waals surface area (Å²) < 4.78 is 0. The summed E-state index contributed by atoms with van der Waals surface area (Å²) in [6.07, 6.45) is 0. The van der Waals surface area contributed by atoms with Gasteiger partial charge in [-0.15, -0.1) is 12.6 Å². The first-order valence-corrected chi connectivity index (χ1v) is 5.22. The van der Waals surface area contributed by atoms with E-state index in [2.05, 4.69) is 17.6 Å². The molecule has 1 aromatic heterocycles. The van der Waals surface area contributed by atoms with Crippen molar-refractivity contribution in [3.05, 3.63) is 48.2 Å². The summed E-state index contributed by atoms with van der Waals surface area (Å²) in [7, 11) is 0. The molecule has 1 aromatic carbocycles. The van der Waals surface area contributed by atoms with Crippen molar-refractivity contribution in [3.63, 3.8) is 0 Å². The van der Waals surface area contributed by atoms with Gasteiger partial charge in [-0.3, -0.25) is 5.41 Å². The summed E-state index contributed by atoms with van der Waals surface area (Å²) in [6.45, 7) is 0. The Bertz CT molecular complexity index is 520. The van der Waals surface area contributed by atoms with Crippen LogP contribution in [0, 0.1) is 5.41 Å². The monoisotopic (exact) mass is 229 g/mol. The SMILES string of the molecule is N=C(N)c1cccc(-c2ccc(S)cc2)n1. The summed E-state index contributed by atoms with van der Waals surface area (Å²) in [6, 6.07) is 13.1. The molecule has 0 atom stereocenters. The maximum Gasteiger partial charge on any atom is 0.141 e. The second-order valence-corrected chi connectivity index (χ2v) is 3.89. The van der Waals surface area contributed by atoms with Crippen LogP contribution in [0.5, 0.6) is 0 Å². The van der Waals surface area contributed by atoms with Crippen LogP contribution < -0.4 is 5.73 Å². The lowest BCUT2D eigenvalue weighted by molar-refractivity contribution is 1.25. The Hall–Kier alpha value is -1.81. The van der Waals surface area contributed by atoms with Crippen molar-refractivity contribution in [1.82, 2.24) is 4.98 Å². The number of aromatic nitrogens is 1. The van der Waals surface area contributed by atoms with Gasteiger partial charge in [0.15, 0.2) is 0 Å². The summed E-state index contributed by atoms with van der Waals surface area (Å²) in [5.74, 6) is -0.0207. The van der Waals surface area contributed by atoms with E-state index in [0.29, 0.717) is 5.69 Å². The average molecular weight is 229 g/mol. The molecule has 2 rings (SSSR count). The lowest BCUT2D eigenvalue weighted by Gasteiger charge is -2.03. The zero-order chi connectivity index (χ0) is 11.5. The van der Waals surface area contributed by atoms with Crippen molar-refractivity contribution in [3.8, 4) is 11.3 Å². The Labute approximate surface area is 99.3 Å². The van der Waals surface area contributed by atoms with E-state index in [-0.39, 0.29) is 5.84 Å². The molecule has 16 heavy (non-hydrogen) atoms. The standard InChI is InChI=1S/C12H11N3S/c13-12(14)11-3-1-2-10(15-11)8-4-6-9(16)7-5-8/h1-7,16H,(H3,13,14). The maximum absolute atomic E-state index is 7.33. The Balaban J connectivity index is 2.44. The summed E-state index contributed by atoms with van der Waals surface area (Å²) >= 11 is 4.22. The number of hydrogen-bond donors (Lipinski definition) is 3. The van der Waals surface area contributed by atoms with Gasteiger partial charge in [-0.25, -0.2) is 4.98 Å². The van der Waals surface area contributed by atoms with Crippen LogP contribution in [0.15, 0.2) is 47.4 Å². The van der Waals surface area contributed by atoms with Gasteiger partial charge in [0.2, 0.25) is 0 Å². The van der Waals surface area contributed by atoms with Crippen molar-refractivity contribution in [1.29, 1.82) is 5.41 Å². The molecule has 0 bridgehead atoms. The fourth-order valence-electron chi connectivity index (χ4n) is 1.38. The number of amidine groups is 1. The van der Waals surface area contributed by atoms with E-state index >= 15 is 0 Å². The average Bonchev–Trinajstić information content (AvgIpc) is 2.30. The minimum absolute atomic E-state index is 0.0207. The summed E-state index contributed by atoms with van der Waals surface area (Å²) in [5.41, 5.74) is 7.68. The molecule has 0 amide bonds. The van der Waals surface area contributed by atoms with E-state index in [1.54, 1.807) is 6.07 Å². The molecule has 1 heterocycles. The second kappa shape index (κ2) is 4.37. The molecule has 4 heteroatoms. The Kier molecular flexibility index (Phi) is 2.92. The van der Waals surface area contributed by atoms with E-state index in [1.165, 1.54) is 0 Å². The Morgan fingerprint density at radius 2 is 1.81 bits per heavy atom. The normalized spacial score (nSPS) is 10.1. The van der Waals surface area contributed by atoms with Crippen LogP contribution in [0.2, 0.25) is 0 Å². The predicted octanol–water partition coefficient (Wildman–Crippen LogP) is 2.32. The largest absolute Gasteiger partial charge is 0.382 e. The van der Waals surface area contributed by atoms with Gasteiger partial charge in [0.25, 0.3) is 0 Å². The number of thiol groups is 1. The van der Waals surface area contributed by atoms with Gasteiger partial charge in [0.1, 0.15) is 11.5 Å². The van der Waals surface area contributed by atoms with E-state index < -0.39 is 0 Å². The highest BCUT2D eigenvalue weighted by Crippen LogP contribution is 2.18. The van der Waals surface area contributed by atoms with E-state index in [4.69, 9.17) is 11.1 Å². The van der Waals surface area contributed by atoms with Gasteiger partial charge < -0.3 is 5.73 Å². The number of rotatable bonds is 2. The third-order valence-electron chi connectivity index (χ3n) is 2.19. The van der Waals surface area contributed by atoms with Gasteiger partial charge in [-0.05, 0) is 24.3 Å². The van der Waals surface area contributed by atoms with Crippen molar-refractivity contribution in [2.24, 2.45) is 5.73 Å². The number of nitrogens with zero attached hydrogens (tertiary/aromatic N) is 1. The number of nitrogen functional groups attached to an aromatic ring is 1. The molecule has 0 radical (unpaired) electrons. The second-order valence-electron chi connectivity index (χ2n) is 3.37. The van der Waals surface area contributed by atoms with Crippen LogP contribution in [0.4, 0.5) is 0 Å². The van der Waals surface area contributed by atoms with Gasteiger partial charge in [0.05, 0.1) is 5.69 Å². The lowest BCUT2D eigenvalue weighted by atomic mass is 10.1. The first-order chi connectivity index (χ1) is 7.66. The Morgan fingerprint density at radius 1 is 1.12 bits per heavy atom. The van der Waals surface area contributed by atoms with E-state index in [1.807, 2.05) is 36.4 Å². The van der Waals surface area contributed by atoms with Crippen molar-refractivity contribution >= 4 is 18.5 Å². The highest BCUT2D eigenvalue weighted by Gasteiger charge is 2.02. The minimum Gasteiger partial charge on any atom is -0.382 e. The highest BCUT2D eigenvalue weighted by molar-refractivity contribution is 7.80. The molecule has 80 valence electrons. The quantitative estimate of drug-likeness (QED) is 0.420. The molecule has 0 unspecified atom stereocenters. The molecule has 0 aliphatic rings. The zero-order valence-corrected chi connectivity index (χ0v) is 9.41. The molecule has 0 aliphatic carbocycles. The van der Waals surface area contributed by atoms with Gasteiger partial charge >= 0.3 is 0 Å². The topological polar surface area (TPSA) is 62.8 Å². The van der Waals surface area contributed by atoms with Crippen LogP contribution in [0.3, 0.4) is 0 Å². The van der Waals surface area contributed by atoms with Crippen molar-refractivity contribution in [2.75, 3.05) is 0 Å². The molecule has 3 nitrogen and oxygen atoms in total. The fourth-order valence-corrected chi connectivity index (χ4v) is 1.53. The van der Waals surface area contributed by atoms with Crippen LogP contribution in [-0.4, -0.2) is 10.8 Å². The number of nitrogens with one attached hydrogen (secondary N) is 1. The first-order valence-electron chi connectivity index (χ1n) is 4.77. The molecule has 0 aliphatic heterocycles. The third-order valence-corrected chi connectivity index (χ3v) is 2.49. The highest BCUT2D eigenvalue weighted by atomic mass is 32.1. The van der Waals surface area contributed by atoms with Crippen LogP contribution in [-0.2, 0) is 0 Å². The summed E-state index contributed by atoms with van der Waals surface area (Å²) in [4.78, 5) is 5.21. The number of benzene rings is 1. The van der Waals surface area contributed by atoms with E-state index in [0.717, 1.165) is 16.2 Å². The number of pyridine rings is 1. The smallest absolute Gasteiger partial charge is 0.141 e. The number of nitrogens with two attached hydrogens (primary N) is 1. The molecule has 0 saturated heterocycles. The molecule has 2 aromatic rings. The number of hydrogen-bond acceptors (Lipinski definition) is 3.